The zero-order valence-corrected chi connectivity index (χ0v) is 17.1. The summed E-state index contributed by atoms with van der Waals surface area (Å²) >= 11 is 5.19. The van der Waals surface area contributed by atoms with Crippen LogP contribution in [-0.4, -0.2) is 46.7 Å². The lowest BCUT2D eigenvalue weighted by Crippen LogP contribution is -2.52. The van der Waals surface area contributed by atoms with Gasteiger partial charge in [0.05, 0.1) is 0 Å². The molecule has 4 amide bonds. The average Bonchev–Trinajstić information content (AvgIpc) is 2.65. The summed E-state index contributed by atoms with van der Waals surface area (Å²) in [6.45, 7) is 3.22. The fourth-order valence-corrected chi connectivity index (χ4v) is 2.62. The van der Waals surface area contributed by atoms with Gasteiger partial charge >= 0.3 is 0 Å². The summed E-state index contributed by atoms with van der Waals surface area (Å²) in [5, 5.41) is 2.53. The van der Waals surface area contributed by atoms with Gasteiger partial charge in [0.25, 0.3) is 17.4 Å². The summed E-state index contributed by atoms with van der Waals surface area (Å²) in [4.78, 5) is 48.7. The summed E-state index contributed by atoms with van der Waals surface area (Å²) in [5.41, 5.74) is 3.38. The van der Waals surface area contributed by atoms with Crippen molar-refractivity contribution < 1.29 is 23.6 Å². The number of nitrogens with one attached hydrogen (secondary N) is 1. The smallest absolute Gasteiger partial charge is 0.279 e. The first-order valence-electron chi connectivity index (χ1n) is 9.07. The van der Waals surface area contributed by atoms with E-state index in [4.69, 9.17) is 17.3 Å². The van der Waals surface area contributed by atoms with Gasteiger partial charge in [-0.25, -0.2) is 4.39 Å². The molecule has 3 N–H and O–H groups in total. The molecule has 158 valence electrons. The van der Waals surface area contributed by atoms with Gasteiger partial charge in [0.1, 0.15) is 6.04 Å². The zero-order valence-electron chi connectivity index (χ0n) is 16.3. The molecule has 2 atom stereocenters. The molecule has 1 rings (SSSR count). The minimum Gasteiger partial charge on any atom is -0.370 e. The van der Waals surface area contributed by atoms with Crippen LogP contribution in [0.25, 0.3) is 6.08 Å². The van der Waals surface area contributed by atoms with E-state index in [0.717, 1.165) is 5.56 Å². The SMILES string of the molecule is CC(C)C[C@H](NC(=O)/C=C/c1ccccc1)C(=O)N(CCC(N)=O)C(=O)C(F)Cl. The zero-order chi connectivity index (χ0) is 22.0. The number of imide groups is 1. The number of benzene rings is 1. The van der Waals surface area contributed by atoms with Crippen LogP contribution in [0.4, 0.5) is 4.39 Å². The fourth-order valence-electron chi connectivity index (χ4n) is 2.51. The Labute approximate surface area is 174 Å². The van der Waals surface area contributed by atoms with Crippen LogP contribution in [-0.2, 0) is 19.2 Å². The Morgan fingerprint density at radius 2 is 1.79 bits per heavy atom. The molecule has 1 aromatic carbocycles. The number of rotatable bonds is 10. The first kappa shape index (κ1) is 24.3. The standard InChI is InChI=1S/C20H25ClFN3O4/c1-13(2)12-15(24-17(27)9-8-14-6-4-3-5-7-14)19(28)25(11-10-16(23)26)20(29)18(21)22/h3-9,13,15,18H,10-12H2,1-2H3,(H2,23,26)(H,24,27)/b9-8+/t15-,18?/m0/s1. The number of hydrogen-bond acceptors (Lipinski definition) is 4. The molecule has 9 heteroatoms. The van der Waals surface area contributed by atoms with Crippen molar-refractivity contribution >= 4 is 41.3 Å². The van der Waals surface area contributed by atoms with Gasteiger partial charge in [-0.05, 0) is 24.0 Å². The van der Waals surface area contributed by atoms with Gasteiger partial charge in [-0.3, -0.25) is 24.1 Å². The molecule has 0 fully saturated rings. The predicted molar refractivity (Wildman–Crippen MR) is 108 cm³/mol. The Hall–Kier alpha value is -2.74. The van der Waals surface area contributed by atoms with Crippen molar-refractivity contribution in [3.05, 3.63) is 42.0 Å². The summed E-state index contributed by atoms with van der Waals surface area (Å²) < 4.78 is 13.3. The van der Waals surface area contributed by atoms with Crippen LogP contribution in [0.15, 0.2) is 36.4 Å². The molecule has 29 heavy (non-hydrogen) atoms. The molecule has 1 aromatic rings. The number of nitrogens with zero attached hydrogens (tertiary/aromatic N) is 1. The van der Waals surface area contributed by atoms with E-state index >= 15 is 0 Å². The van der Waals surface area contributed by atoms with Gasteiger partial charge in [0, 0.05) is 19.0 Å². The number of nitrogens with two attached hydrogens (primary N) is 1. The second-order valence-electron chi connectivity index (χ2n) is 6.78. The quantitative estimate of drug-likeness (QED) is 0.441. The number of alkyl halides is 2. The molecular weight excluding hydrogens is 401 g/mol. The Kier molecular flexibility index (Phi) is 10.0. The maximum absolute atomic E-state index is 13.3. The van der Waals surface area contributed by atoms with Gasteiger partial charge in [-0.1, -0.05) is 55.8 Å². The highest BCUT2D eigenvalue weighted by atomic mass is 35.5. The fraction of sp³-hybridized carbons (Fsp3) is 0.400. The Morgan fingerprint density at radius 1 is 1.17 bits per heavy atom. The molecule has 1 unspecified atom stereocenters. The first-order valence-corrected chi connectivity index (χ1v) is 9.50. The minimum atomic E-state index is -2.46. The van der Waals surface area contributed by atoms with Crippen molar-refractivity contribution in [2.75, 3.05) is 6.54 Å². The van der Waals surface area contributed by atoms with E-state index in [1.165, 1.54) is 6.08 Å². The van der Waals surface area contributed by atoms with Crippen LogP contribution >= 0.6 is 11.6 Å². The molecule has 7 nitrogen and oxygen atoms in total. The summed E-state index contributed by atoms with van der Waals surface area (Å²) in [6.07, 6.45) is 2.67. The van der Waals surface area contributed by atoms with Gasteiger partial charge in [-0.2, -0.15) is 0 Å². The molecule has 0 aliphatic rings. The van der Waals surface area contributed by atoms with Crippen molar-refractivity contribution in [1.29, 1.82) is 0 Å². The molecule has 0 radical (unpaired) electrons. The summed E-state index contributed by atoms with van der Waals surface area (Å²) in [7, 11) is 0. The maximum Gasteiger partial charge on any atom is 0.279 e. The van der Waals surface area contributed by atoms with Crippen LogP contribution in [0.3, 0.4) is 0 Å². The van der Waals surface area contributed by atoms with Crippen molar-refractivity contribution in [3.8, 4) is 0 Å². The van der Waals surface area contributed by atoms with E-state index in [9.17, 15) is 23.6 Å². The molecular formula is C20H25ClFN3O4. The van der Waals surface area contributed by atoms with E-state index in [-0.39, 0.29) is 18.8 Å². The number of carbonyl (C=O) groups excluding carboxylic acids is 4. The predicted octanol–water partition coefficient (Wildman–Crippen LogP) is 2.00. The van der Waals surface area contributed by atoms with Crippen LogP contribution in [0.1, 0.15) is 32.3 Å². The van der Waals surface area contributed by atoms with Crippen molar-refractivity contribution in [2.45, 2.75) is 38.4 Å². The lowest BCUT2D eigenvalue weighted by atomic mass is 10.0. The topological polar surface area (TPSA) is 110 Å². The van der Waals surface area contributed by atoms with Gasteiger partial charge in [0.15, 0.2) is 0 Å². The molecule has 0 aliphatic heterocycles. The lowest BCUT2D eigenvalue weighted by molar-refractivity contribution is -0.149. The molecule has 0 bridgehead atoms. The molecule has 0 spiro atoms. The van der Waals surface area contributed by atoms with E-state index < -0.39 is 41.8 Å². The number of amides is 4. The highest BCUT2D eigenvalue weighted by molar-refractivity contribution is 6.30. The van der Waals surface area contributed by atoms with Crippen LogP contribution in [0, 0.1) is 5.92 Å². The second-order valence-corrected chi connectivity index (χ2v) is 7.16. The van der Waals surface area contributed by atoms with E-state index in [1.807, 2.05) is 32.0 Å². The highest BCUT2D eigenvalue weighted by Gasteiger charge is 2.33. The highest BCUT2D eigenvalue weighted by Crippen LogP contribution is 2.12. The van der Waals surface area contributed by atoms with Crippen LogP contribution in [0.2, 0.25) is 0 Å². The van der Waals surface area contributed by atoms with E-state index in [2.05, 4.69) is 5.32 Å². The first-order chi connectivity index (χ1) is 13.6. The molecule has 0 aliphatic carbocycles. The number of primary amides is 1. The molecule has 0 saturated heterocycles. The van der Waals surface area contributed by atoms with Gasteiger partial charge in [-0.15, -0.1) is 0 Å². The maximum atomic E-state index is 13.3. The Balaban J connectivity index is 2.98. The monoisotopic (exact) mass is 425 g/mol. The Bertz CT molecular complexity index is 753. The van der Waals surface area contributed by atoms with Crippen molar-refractivity contribution in [2.24, 2.45) is 11.7 Å². The number of halogens is 2. The third-order valence-electron chi connectivity index (χ3n) is 3.85. The summed E-state index contributed by atoms with van der Waals surface area (Å²) in [5.74, 6) is -3.50. The Morgan fingerprint density at radius 3 is 2.31 bits per heavy atom. The minimum absolute atomic E-state index is 0.0207. The van der Waals surface area contributed by atoms with E-state index in [0.29, 0.717) is 4.90 Å². The van der Waals surface area contributed by atoms with Crippen molar-refractivity contribution in [1.82, 2.24) is 10.2 Å². The number of hydrogen-bond donors (Lipinski definition) is 2. The van der Waals surface area contributed by atoms with Gasteiger partial charge in [0.2, 0.25) is 11.8 Å². The molecule has 0 heterocycles. The average molecular weight is 426 g/mol. The van der Waals surface area contributed by atoms with Crippen LogP contribution in [0.5, 0.6) is 0 Å². The summed E-state index contributed by atoms with van der Waals surface area (Å²) in [6, 6.07) is 7.95. The third-order valence-corrected chi connectivity index (χ3v) is 4.04. The van der Waals surface area contributed by atoms with E-state index in [1.54, 1.807) is 18.2 Å². The second kappa shape index (κ2) is 12.0. The van der Waals surface area contributed by atoms with Gasteiger partial charge < -0.3 is 11.1 Å². The molecule has 0 saturated carbocycles. The van der Waals surface area contributed by atoms with Crippen LogP contribution < -0.4 is 11.1 Å². The third kappa shape index (κ3) is 8.87. The largest absolute Gasteiger partial charge is 0.370 e. The molecule has 0 aromatic heterocycles. The lowest BCUT2D eigenvalue weighted by Gasteiger charge is -2.27. The van der Waals surface area contributed by atoms with Crippen molar-refractivity contribution in [3.63, 3.8) is 0 Å². The normalized spacial score (nSPS) is 13.1. The number of carbonyl (C=O) groups is 4.